The molecule has 6 atom stereocenters. The number of hydrogen-bond donors (Lipinski definition) is 0. The monoisotopic (exact) mass is 554 g/mol. The van der Waals surface area contributed by atoms with Gasteiger partial charge in [-0.15, -0.1) is 0 Å². The number of amides is 2. The van der Waals surface area contributed by atoms with E-state index in [0.29, 0.717) is 51.6 Å². The molecule has 8 heteroatoms. The highest BCUT2D eigenvalue weighted by atomic mass is 79.9. The average Bonchev–Trinajstić information content (AvgIpc) is 3.63. The van der Waals surface area contributed by atoms with E-state index in [-0.39, 0.29) is 35.5 Å². The van der Waals surface area contributed by atoms with Crippen LogP contribution in [0.2, 0.25) is 5.02 Å². The number of halogens is 2. The summed E-state index contributed by atoms with van der Waals surface area (Å²) >= 11 is 9.54. The number of carbonyl (C=O) groups is 2. The number of ether oxygens (including phenoxy) is 2. The van der Waals surface area contributed by atoms with Gasteiger partial charge in [-0.3, -0.25) is 9.59 Å². The molecule has 2 aromatic carbocycles. The Hall–Kier alpha value is -2.64. The second-order valence-electron chi connectivity index (χ2n) is 9.57. The summed E-state index contributed by atoms with van der Waals surface area (Å²) in [5, 5.41) is 6.10. The lowest BCUT2D eigenvalue weighted by atomic mass is 9.63. The third-order valence-corrected chi connectivity index (χ3v) is 8.43. The van der Waals surface area contributed by atoms with E-state index in [0.717, 1.165) is 17.0 Å². The van der Waals surface area contributed by atoms with Gasteiger partial charge >= 0.3 is 0 Å². The Morgan fingerprint density at radius 2 is 1.71 bits per heavy atom. The fraction of sp³-hybridized carbons (Fsp3) is 0.370. The highest BCUT2D eigenvalue weighted by Crippen LogP contribution is 2.65. The zero-order chi connectivity index (χ0) is 24.3. The number of rotatable bonds is 7. The van der Waals surface area contributed by atoms with Crippen LogP contribution >= 0.6 is 27.5 Å². The van der Waals surface area contributed by atoms with E-state index in [9.17, 15) is 9.59 Å². The summed E-state index contributed by atoms with van der Waals surface area (Å²) in [4.78, 5) is 26.3. The first-order chi connectivity index (χ1) is 17.0. The van der Waals surface area contributed by atoms with Crippen molar-refractivity contribution in [3.63, 3.8) is 0 Å². The highest BCUT2D eigenvalue weighted by molar-refractivity contribution is 9.10. The predicted molar refractivity (Wildman–Crippen MR) is 135 cm³/mol. The normalized spacial score (nSPS) is 30.1. The first-order valence-corrected chi connectivity index (χ1v) is 13.1. The maximum atomic E-state index is 13.2. The Bertz CT molecular complexity index is 1220. The summed E-state index contributed by atoms with van der Waals surface area (Å²) in [6.07, 6.45) is 7.00. The summed E-state index contributed by atoms with van der Waals surface area (Å²) in [6.45, 7) is 2.70. The van der Waals surface area contributed by atoms with Crippen molar-refractivity contribution >= 4 is 45.6 Å². The van der Waals surface area contributed by atoms with Crippen LogP contribution in [0.25, 0.3) is 0 Å². The van der Waals surface area contributed by atoms with Crippen LogP contribution in [0.1, 0.15) is 24.5 Å². The van der Waals surface area contributed by atoms with Crippen LogP contribution in [0, 0.1) is 35.5 Å². The van der Waals surface area contributed by atoms with Crippen LogP contribution in [0.15, 0.2) is 58.1 Å². The Balaban J connectivity index is 1.21. The van der Waals surface area contributed by atoms with Crippen LogP contribution < -0.4 is 9.47 Å². The minimum absolute atomic E-state index is 0.173. The molecule has 6 nitrogen and oxygen atoms in total. The lowest BCUT2D eigenvalue weighted by molar-refractivity contribution is -0.140. The van der Waals surface area contributed by atoms with Crippen molar-refractivity contribution in [2.75, 3.05) is 6.61 Å². The number of hydrazone groups is 1. The van der Waals surface area contributed by atoms with Crippen LogP contribution in [0.3, 0.4) is 0 Å². The number of allylic oxidation sites excluding steroid dienone is 2. The molecular formula is C27H24BrClN2O4. The molecule has 2 aromatic rings. The van der Waals surface area contributed by atoms with Crippen LogP contribution in [0.5, 0.6) is 11.5 Å². The molecule has 0 radical (unpaired) electrons. The van der Waals surface area contributed by atoms with Gasteiger partial charge in [-0.2, -0.15) is 10.1 Å². The van der Waals surface area contributed by atoms with E-state index < -0.39 is 0 Å². The Morgan fingerprint density at radius 3 is 2.34 bits per heavy atom. The van der Waals surface area contributed by atoms with Gasteiger partial charge in [-0.25, -0.2) is 0 Å². The van der Waals surface area contributed by atoms with Crippen molar-refractivity contribution in [2.24, 2.45) is 40.6 Å². The van der Waals surface area contributed by atoms with Crippen molar-refractivity contribution in [1.82, 2.24) is 5.01 Å². The predicted octanol–water partition coefficient (Wildman–Crippen LogP) is 5.47. The van der Waals surface area contributed by atoms with Gasteiger partial charge in [0.15, 0.2) is 11.5 Å². The van der Waals surface area contributed by atoms with Crippen molar-refractivity contribution in [3.05, 3.63) is 69.2 Å². The van der Waals surface area contributed by atoms with E-state index in [1.807, 2.05) is 37.3 Å². The Morgan fingerprint density at radius 1 is 1.06 bits per heavy atom. The number of hydrogen-bond acceptors (Lipinski definition) is 5. The van der Waals surface area contributed by atoms with E-state index >= 15 is 0 Å². The van der Waals surface area contributed by atoms with Gasteiger partial charge in [0.1, 0.15) is 6.61 Å². The SMILES string of the molecule is CCOc1cc(C=NN2C(=O)[C@@H]3[C@H]4C=C[C@@H]([C@@H]5C[C@H]45)[C@@H]3C2=O)cc(Br)c1OCc1ccc(Cl)cc1. The standard InChI is InChI=1S/C27H24BrClN2O4/c1-2-34-22-10-15(9-21(28)25(22)35-13-14-3-5-16(29)6-4-14)12-30-31-26(32)23-17-7-8-18(20-11-19(17)20)24(23)27(31)33/h3-10,12,17-20,23-24H,2,11,13H2,1H3/t17-,18-,19-,20+,23-,24+/m0/s1. The summed E-state index contributed by atoms with van der Waals surface area (Å²) in [5.41, 5.74) is 1.67. The molecular weight excluding hydrogens is 532 g/mol. The molecule has 0 unspecified atom stereocenters. The molecule has 2 saturated carbocycles. The number of imide groups is 1. The molecule has 180 valence electrons. The van der Waals surface area contributed by atoms with Crippen LogP contribution in [-0.4, -0.2) is 29.6 Å². The van der Waals surface area contributed by atoms with Crippen LogP contribution in [0.4, 0.5) is 0 Å². The van der Waals surface area contributed by atoms with Gasteiger partial charge in [0, 0.05) is 5.02 Å². The maximum Gasteiger partial charge on any atom is 0.254 e. The van der Waals surface area contributed by atoms with Crippen molar-refractivity contribution in [1.29, 1.82) is 0 Å². The van der Waals surface area contributed by atoms with Crippen molar-refractivity contribution in [2.45, 2.75) is 20.0 Å². The summed E-state index contributed by atoms with van der Waals surface area (Å²) in [6, 6.07) is 11.1. The van der Waals surface area contributed by atoms with E-state index in [1.54, 1.807) is 12.3 Å². The topological polar surface area (TPSA) is 68.2 Å². The van der Waals surface area contributed by atoms with Crippen LogP contribution in [-0.2, 0) is 16.2 Å². The summed E-state index contributed by atoms with van der Waals surface area (Å²) < 4.78 is 12.5. The van der Waals surface area contributed by atoms with Gasteiger partial charge in [-0.05, 0) is 88.3 Å². The van der Waals surface area contributed by atoms with E-state index in [2.05, 4.69) is 33.2 Å². The summed E-state index contributed by atoms with van der Waals surface area (Å²) in [7, 11) is 0. The smallest absolute Gasteiger partial charge is 0.254 e. The maximum absolute atomic E-state index is 13.2. The fourth-order valence-electron chi connectivity index (χ4n) is 5.98. The van der Waals surface area contributed by atoms with Crippen molar-refractivity contribution < 1.29 is 19.1 Å². The molecule has 1 heterocycles. The molecule has 1 aliphatic heterocycles. The largest absolute Gasteiger partial charge is 0.490 e. The van der Waals surface area contributed by atoms with Gasteiger partial charge in [0.05, 0.1) is 29.1 Å². The quantitative estimate of drug-likeness (QED) is 0.258. The summed E-state index contributed by atoms with van der Waals surface area (Å²) in [5.74, 6) is 1.76. The lowest BCUT2D eigenvalue weighted by Crippen LogP contribution is -2.40. The molecule has 0 aromatic heterocycles. The second kappa shape index (κ2) is 8.79. The molecule has 2 amide bonds. The zero-order valence-corrected chi connectivity index (χ0v) is 21.4. The molecule has 2 bridgehead atoms. The molecule has 0 spiro atoms. The molecule has 5 aliphatic rings. The third-order valence-electron chi connectivity index (χ3n) is 7.59. The minimum Gasteiger partial charge on any atom is -0.490 e. The molecule has 1 saturated heterocycles. The Labute approximate surface area is 217 Å². The minimum atomic E-state index is -0.257. The number of benzene rings is 2. The van der Waals surface area contributed by atoms with Gasteiger partial charge in [0.25, 0.3) is 11.8 Å². The molecule has 7 rings (SSSR count). The first kappa shape index (κ1) is 22.8. The van der Waals surface area contributed by atoms with E-state index in [1.165, 1.54) is 0 Å². The van der Waals surface area contributed by atoms with Crippen molar-refractivity contribution in [3.8, 4) is 11.5 Å². The molecule has 4 aliphatic carbocycles. The van der Waals surface area contributed by atoms with Gasteiger partial charge in [0.2, 0.25) is 0 Å². The number of carbonyl (C=O) groups excluding carboxylic acids is 2. The first-order valence-electron chi connectivity index (χ1n) is 11.9. The molecule has 0 N–H and O–H groups in total. The average molecular weight is 556 g/mol. The van der Waals surface area contributed by atoms with Gasteiger partial charge < -0.3 is 9.47 Å². The molecule has 3 fully saturated rings. The highest BCUT2D eigenvalue weighted by Gasteiger charge is 2.67. The number of nitrogens with zero attached hydrogens (tertiary/aromatic N) is 2. The van der Waals surface area contributed by atoms with Gasteiger partial charge in [-0.1, -0.05) is 35.9 Å². The zero-order valence-electron chi connectivity index (χ0n) is 19.1. The van der Waals surface area contributed by atoms with E-state index in [4.69, 9.17) is 21.1 Å². The lowest BCUT2D eigenvalue weighted by Gasteiger charge is -2.37. The third kappa shape index (κ3) is 3.89. The molecule has 35 heavy (non-hydrogen) atoms. The second-order valence-corrected chi connectivity index (χ2v) is 10.9. The Kier molecular flexibility index (Phi) is 5.72. The fourth-order valence-corrected chi connectivity index (χ4v) is 6.68.